The number of piperidine rings is 1. The Morgan fingerprint density at radius 3 is 2.47 bits per heavy atom. The van der Waals surface area contributed by atoms with Gasteiger partial charge in [-0.15, -0.1) is 0 Å². The van der Waals surface area contributed by atoms with Gasteiger partial charge in [0, 0.05) is 31.9 Å². The number of aryl methyl sites for hydroxylation is 1. The number of carbonyl (C=O) groups excluding carboxylic acids is 3. The van der Waals surface area contributed by atoms with E-state index in [0.717, 1.165) is 0 Å². The number of benzene rings is 1. The number of hydrogen-bond acceptors (Lipinski definition) is 7. The molecular weight excluding hydrogens is 442 g/mol. The van der Waals surface area contributed by atoms with Crippen molar-refractivity contribution in [2.75, 3.05) is 26.5 Å². The Hall–Kier alpha value is -3.56. The lowest BCUT2D eigenvalue weighted by atomic mass is 9.96. The predicted octanol–water partition coefficient (Wildman–Crippen LogP) is 1.67. The number of nitrogens with zero attached hydrogens (tertiary/aromatic N) is 2. The number of carbonyl (C=O) groups is 3. The van der Waals surface area contributed by atoms with Gasteiger partial charge in [-0.2, -0.15) is 0 Å². The number of nitrogens with one attached hydrogen (secondary N) is 1. The molecule has 0 spiro atoms. The Bertz CT molecular complexity index is 1180. The Morgan fingerprint density at radius 2 is 1.82 bits per heavy atom. The quantitative estimate of drug-likeness (QED) is 0.637. The van der Waals surface area contributed by atoms with Crippen molar-refractivity contribution in [2.24, 2.45) is 5.92 Å². The highest BCUT2D eigenvalue weighted by atomic mass is 16.7. The molecule has 4 rings (SSSR count). The SMILES string of the molecule is CCOC(=O)C1CCN(C(=O)C(C)NC(=O)c2cn(CC)c3cc4c(cc3c2=O)OCO4)CC1. The average molecular weight is 472 g/mol. The summed E-state index contributed by atoms with van der Waals surface area (Å²) in [7, 11) is 0. The van der Waals surface area contributed by atoms with Crippen molar-refractivity contribution in [3.05, 3.63) is 34.1 Å². The third-order valence-electron chi connectivity index (χ3n) is 6.30. The summed E-state index contributed by atoms with van der Waals surface area (Å²) in [6.45, 7) is 7.02. The number of esters is 1. The smallest absolute Gasteiger partial charge is 0.309 e. The molecule has 10 nitrogen and oxygen atoms in total. The first-order valence-corrected chi connectivity index (χ1v) is 11.6. The van der Waals surface area contributed by atoms with Crippen LogP contribution < -0.4 is 20.2 Å². The standard InChI is InChI=1S/C24H29N3O7/c1-4-26-12-17(21(28)16-10-19-20(11-18(16)26)34-13-33-19)22(29)25-14(3)23(30)27-8-6-15(7-9-27)24(31)32-5-2/h10-12,14-15H,4-9,13H2,1-3H3,(H,25,29). The fourth-order valence-corrected chi connectivity index (χ4v) is 4.41. The molecule has 10 heteroatoms. The number of pyridine rings is 1. The highest BCUT2D eigenvalue weighted by Gasteiger charge is 2.31. The molecule has 1 aromatic heterocycles. The Morgan fingerprint density at radius 1 is 1.15 bits per heavy atom. The molecule has 2 aliphatic rings. The number of aromatic nitrogens is 1. The van der Waals surface area contributed by atoms with Gasteiger partial charge in [-0.1, -0.05) is 0 Å². The summed E-state index contributed by atoms with van der Waals surface area (Å²) in [5, 5.41) is 3.01. The summed E-state index contributed by atoms with van der Waals surface area (Å²) in [4.78, 5) is 52.6. The van der Waals surface area contributed by atoms with Crippen LogP contribution in [0.15, 0.2) is 23.1 Å². The van der Waals surface area contributed by atoms with Gasteiger partial charge in [0.25, 0.3) is 5.91 Å². The van der Waals surface area contributed by atoms with Crippen LogP contribution in [0.5, 0.6) is 11.5 Å². The molecule has 0 aliphatic carbocycles. The van der Waals surface area contributed by atoms with Crippen molar-refractivity contribution in [3.63, 3.8) is 0 Å². The van der Waals surface area contributed by atoms with Crippen molar-refractivity contribution < 1.29 is 28.6 Å². The van der Waals surface area contributed by atoms with Gasteiger partial charge < -0.3 is 29.0 Å². The first-order valence-electron chi connectivity index (χ1n) is 11.6. The third kappa shape index (κ3) is 4.44. The number of hydrogen-bond donors (Lipinski definition) is 1. The minimum Gasteiger partial charge on any atom is -0.466 e. The lowest BCUT2D eigenvalue weighted by Crippen LogP contribution is -2.50. The number of rotatable bonds is 6. The number of likely N-dealkylation sites (tertiary alicyclic amines) is 1. The minimum absolute atomic E-state index is 0.0473. The van der Waals surface area contributed by atoms with Gasteiger partial charge in [0.2, 0.25) is 18.1 Å². The van der Waals surface area contributed by atoms with Crippen LogP contribution in [0, 0.1) is 5.92 Å². The van der Waals surface area contributed by atoms with Crippen molar-refractivity contribution in [3.8, 4) is 11.5 Å². The molecule has 2 aliphatic heterocycles. The Kier molecular flexibility index (Phi) is 6.76. The number of fused-ring (bicyclic) bond motifs is 2. The van der Waals surface area contributed by atoms with E-state index >= 15 is 0 Å². The zero-order valence-corrected chi connectivity index (χ0v) is 19.6. The summed E-state index contributed by atoms with van der Waals surface area (Å²) < 4.78 is 17.6. The van der Waals surface area contributed by atoms with E-state index in [1.165, 1.54) is 6.20 Å². The third-order valence-corrected chi connectivity index (χ3v) is 6.30. The second-order valence-corrected chi connectivity index (χ2v) is 8.43. The molecule has 0 radical (unpaired) electrons. The molecular formula is C24H29N3O7. The van der Waals surface area contributed by atoms with Gasteiger partial charge in [-0.3, -0.25) is 19.2 Å². The van der Waals surface area contributed by atoms with Crippen LogP contribution in [-0.2, 0) is 20.9 Å². The van der Waals surface area contributed by atoms with E-state index in [2.05, 4.69) is 5.32 Å². The fraction of sp³-hybridized carbons (Fsp3) is 0.500. The number of ether oxygens (including phenoxy) is 3. The minimum atomic E-state index is -0.825. The molecule has 1 fully saturated rings. The van der Waals surface area contributed by atoms with Crippen molar-refractivity contribution >= 4 is 28.7 Å². The number of amides is 2. The molecule has 0 bridgehead atoms. The van der Waals surface area contributed by atoms with Crippen LogP contribution in [0.2, 0.25) is 0 Å². The van der Waals surface area contributed by atoms with Gasteiger partial charge in [0.15, 0.2) is 11.5 Å². The van der Waals surface area contributed by atoms with E-state index in [-0.39, 0.29) is 30.2 Å². The topological polar surface area (TPSA) is 116 Å². The molecule has 182 valence electrons. The molecule has 1 unspecified atom stereocenters. The van der Waals surface area contributed by atoms with Crippen LogP contribution in [0.3, 0.4) is 0 Å². The van der Waals surface area contributed by atoms with Crippen LogP contribution >= 0.6 is 0 Å². The summed E-state index contributed by atoms with van der Waals surface area (Å²) >= 11 is 0. The van der Waals surface area contributed by atoms with E-state index in [9.17, 15) is 19.2 Å². The lowest BCUT2D eigenvalue weighted by molar-refractivity contribution is -0.151. The summed E-state index contributed by atoms with van der Waals surface area (Å²) in [6.07, 6.45) is 2.55. The van der Waals surface area contributed by atoms with E-state index in [4.69, 9.17) is 14.2 Å². The molecule has 3 heterocycles. The molecule has 1 atom stereocenters. The second-order valence-electron chi connectivity index (χ2n) is 8.43. The van der Waals surface area contributed by atoms with Gasteiger partial charge in [0.1, 0.15) is 11.6 Å². The first-order chi connectivity index (χ1) is 16.3. The molecule has 1 saturated heterocycles. The van der Waals surface area contributed by atoms with Crippen molar-refractivity contribution in [2.45, 2.75) is 46.2 Å². The van der Waals surface area contributed by atoms with Gasteiger partial charge >= 0.3 is 5.97 Å². The maximum Gasteiger partial charge on any atom is 0.309 e. The maximum atomic E-state index is 13.1. The summed E-state index contributed by atoms with van der Waals surface area (Å²) in [6, 6.07) is 2.50. The normalized spacial score (nSPS) is 16.4. The highest BCUT2D eigenvalue weighted by molar-refractivity contribution is 6.00. The fourth-order valence-electron chi connectivity index (χ4n) is 4.41. The zero-order chi connectivity index (χ0) is 24.4. The van der Waals surface area contributed by atoms with E-state index in [1.807, 2.05) is 6.92 Å². The highest BCUT2D eigenvalue weighted by Crippen LogP contribution is 2.35. The van der Waals surface area contributed by atoms with Crippen LogP contribution in [0.4, 0.5) is 0 Å². The monoisotopic (exact) mass is 471 g/mol. The lowest BCUT2D eigenvalue weighted by Gasteiger charge is -2.32. The average Bonchev–Trinajstić information content (AvgIpc) is 3.30. The van der Waals surface area contributed by atoms with E-state index < -0.39 is 17.4 Å². The Balaban J connectivity index is 1.48. The van der Waals surface area contributed by atoms with Crippen LogP contribution in [0.1, 0.15) is 44.0 Å². The molecule has 2 amide bonds. The second kappa shape index (κ2) is 9.74. The molecule has 1 N–H and O–H groups in total. The van der Waals surface area contributed by atoms with E-state index in [0.29, 0.717) is 61.5 Å². The van der Waals surface area contributed by atoms with Crippen molar-refractivity contribution in [1.82, 2.24) is 14.8 Å². The Labute approximate surface area is 196 Å². The molecule has 2 aromatic rings. The maximum absolute atomic E-state index is 13.1. The van der Waals surface area contributed by atoms with Crippen LogP contribution in [-0.4, -0.2) is 59.8 Å². The zero-order valence-electron chi connectivity index (χ0n) is 19.6. The van der Waals surface area contributed by atoms with Gasteiger partial charge in [0.05, 0.1) is 23.4 Å². The molecule has 1 aromatic carbocycles. The van der Waals surface area contributed by atoms with Gasteiger partial charge in [-0.25, -0.2) is 0 Å². The first kappa shape index (κ1) is 23.6. The molecule has 34 heavy (non-hydrogen) atoms. The summed E-state index contributed by atoms with van der Waals surface area (Å²) in [5.41, 5.74) is 0.154. The predicted molar refractivity (Wildman–Crippen MR) is 123 cm³/mol. The largest absolute Gasteiger partial charge is 0.466 e. The summed E-state index contributed by atoms with van der Waals surface area (Å²) in [5.74, 6) is -0.307. The van der Waals surface area contributed by atoms with Crippen molar-refractivity contribution in [1.29, 1.82) is 0 Å². The van der Waals surface area contributed by atoms with Crippen LogP contribution in [0.25, 0.3) is 10.9 Å². The van der Waals surface area contributed by atoms with Gasteiger partial charge in [-0.05, 0) is 39.7 Å². The molecule has 0 saturated carbocycles. The van der Waals surface area contributed by atoms with E-state index in [1.54, 1.807) is 35.4 Å².